The summed E-state index contributed by atoms with van der Waals surface area (Å²) in [4.78, 5) is 57.6. The second-order valence-electron chi connectivity index (χ2n) is 26.1. The van der Waals surface area contributed by atoms with Crippen LogP contribution < -0.4 is 10.5 Å². The molecule has 3 aromatic carbocycles. The average molecular weight is 1790 g/mol. The highest BCUT2D eigenvalue weighted by Crippen LogP contribution is 2.50. The van der Waals surface area contributed by atoms with Gasteiger partial charge in [-0.3, -0.25) is 24.5 Å². The zero-order chi connectivity index (χ0) is 69.3. The number of aromatic nitrogens is 4. The van der Waals surface area contributed by atoms with Gasteiger partial charge >= 0.3 is 6.03 Å². The van der Waals surface area contributed by atoms with Crippen molar-refractivity contribution in [2.24, 2.45) is 29.4 Å². The summed E-state index contributed by atoms with van der Waals surface area (Å²) in [5.41, 5.74) is 19.5. The summed E-state index contributed by atoms with van der Waals surface area (Å²) in [6, 6.07) is 21.2. The van der Waals surface area contributed by atoms with Crippen molar-refractivity contribution in [2.45, 2.75) is 82.0 Å². The monoisotopic (exact) mass is 1780 g/mol. The van der Waals surface area contributed by atoms with Crippen LogP contribution in [-0.4, -0.2) is 119 Å². The number of amides is 4. The number of carbonyl (C=O) groups is 3. The SMILES string of the molecule is CS(=O)(=O)N1CCC(C2c3ncc(Br)cc3C=Cc3cc(Cl)cc(Br)c32)CC1.NC(=O)N1CCC(CC(=O)N2CCC(C3c4ncc(Br)cc4C=Cc4cc(Cl)cc(Br)c43)CC2)CC1.O=C(Cc1cc[n+]([O-])cc1)N1CCC(C2c3ncc(Br)cc3C=Cc3cc(Cl)cc(Br)c32)CC1. The van der Waals surface area contributed by atoms with Gasteiger partial charge in [0, 0.05) is 149 Å². The Hall–Kier alpha value is -4.85. The molecule has 0 bridgehead atoms. The second-order valence-corrected chi connectivity index (χ2v) is 34.7. The fraction of sp³-hybridized carbons (Fsp3) is 0.356. The van der Waals surface area contributed by atoms with E-state index < -0.39 is 10.0 Å². The summed E-state index contributed by atoms with van der Waals surface area (Å²) < 4.78 is 31.9. The molecular formula is C73H70Br6Cl3N9O6S. The topological polar surface area (TPSA) is 190 Å². The number of pyridine rings is 4. The normalized spacial score (nSPS) is 19.6. The van der Waals surface area contributed by atoms with Crippen molar-refractivity contribution in [1.29, 1.82) is 0 Å². The van der Waals surface area contributed by atoms with Crippen molar-refractivity contribution in [2.75, 3.05) is 58.6 Å². The molecule has 2 N–H and O–H groups in total. The number of primary amides is 1. The highest BCUT2D eigenvalue weighted by atomic mass is 79.9. The molecule has 3 aliphatic carbocycles. The van der Waals surface area contributed by atoms with Crippen molar-refractivity contribution < 1.29 is 27.5 Å². The Bertz CT molecular complexity index is 4420. The van der Waals surface area contributed by atoms with Crippen LogP contribution in [0.25, 0.3) is 36.5 Å². The van der Waals surface area contributed by atoms with Gasteiger partial charge in [-0.05, 0) is 233 Å². The van der Waals surface area contributed by atoms with Crippen LogP contribution >= 0.6 is 130 Å². The van der Waals surface area contributed by atoms with E-state index >= 15 is 0 Å². The molecule has 8 heterocycles. The van der Waals surface area contributed by atoms with Gasteiger partial charge in [0.15, 0.2) is 12.4 Å². The molecule has 7 aliphatic rings. The predicted molar refractivity (Wildman–Crippen MR) is 411 cm³/mol. The number of hydrogen-bond acceptors (Lipinski definition) is 9. The summed E-state index contributed by atoms with van der Waals surface area (Å²) >= 11 is 41.0. The quantitative estimate of drug-likeness (QED) is 0.114. The molecule has 4 aromatic heterocycles. The van der Waals surface area contributed by atoms with Gasteiger partial charge in [0.05, 0.1) is 29.8 Å². The smallest absolute Gasteiger partial charge is 0.314 e. The lowest BCUT2D eigenvalue weighted by molar-refractivity contribution is -0.605. The molecule has 4 aliphatic heterocycles. The van der Waals surface area contributed by atoms with Gasteiger partial charge in [-0.15, -0.1) is 0 Å². The maximum Gasteiger partial charge on any atom is 0.314 e. The standard InChI is InChI=1S/C27H29Br2ClN4O2.C26H22Br2ClN3O2.C20H19Br2ClN2O2S/c28-20-12-19-2-1-18-13-21(30)14-22(29)24(18)25(26(19)32-15-20)17-5-9-33(10-6-17)23(35)11-16-3-7-34(8-4-16)27(31)36;27-20-12-19-2-1-18-13-21(29)14-22(28)24(18)25(26(19)30-15-20)17-5-7-31(8-6-17)23(33)11-16-3-9-32(34)10-4-16;1-28(26,27)25-6-4-12(5-7-25)19-18-13(9-16(23)10-17(18)22)2-3-14-8-15(21)11-24-20(14)19/h1-2,12-17,25H,3-11H2,(H2,31,36);1-4,9-10,12-15,17,25H,5-8,11H2;2-3,8-12,19H,4-7H2,1H3. The first-order chi connectivity index (χ1) is 46.9. The number of halogens is 9. The van der Waals surface area contributed by atoms with Crippen LogP contribution in [0.4, 0.5) is 4.79 Å². The Morgan fingerprint density at radius 2 is 0.837 bits per heavy atom. The number of carbonyl (C=O) groups excluding carboxylic acids is 3. The molecule has 3 unspecified atom stereocenters. The Kier molecular flexibility index (Phi) is 23.7. The Morgan fingerprint density at radius 1 is 0.500 bits per heavy atom. The van der Waals surface area contributed by atoms with Gasteiger partial charge in [0.2, 0.25) is 21.8 Å². The van der Waals surface area contributed by atoms with Gasteiger partial charge in [-0.2, -0.15) is 4.73 Å². The van der Waals surface area contributed by atoms with E-state index in [2.05, 4.69) is 150 Å². The number of urea groups is 1. The van der Waals surface area contributed by atoms with E-state index in [4.69, 9.17) is 55.5 Å². The van der Waals surface area contributed by atoms with Crippen LogP contribution in [0.2, 0.25) is 15.1 Å². The Morgan fingerprint density at radius 3 is 1.19 bits per heavy atom. The van der Waals surface area contributed by atoms with Crippen LogP contribution in [-0.2, 0) is 26.0 Å². The zero-order valence-electron chi connectivity index (χ0n) is 53.4. The first kappa shape index (κ1) is 72.9. The number of rotatable bonds is 8. The maximum atomic E-state index is 13.1. The summed E-state index contributed by atoms with van der Waals surface area (Å²) in [7, 11) is -3.16. The molecule has 7 aromatic rings. The lowest BCUT2D eigenvalue weighted by Crippen LogP contribution is -2.44. The highest BCUT2D eigenvalue weighted by Gasteiger charge is 2.40. The average Bonchev–Trinajstić information content (AvgIpc) is 1.59. The van der Waals surface area contributed by atoms with E-state index in [1.807, 2.05) is 64.8 Å². The van der Waals surface area contributed by atoms with Crippen LogP contribution in [0.15, 0.2) is 125 Å². The van der Waals surface area contributed by atoms with Gasteiger partial charge in [-0.25, -0.2) is 17.5 Å². The largest absolute Gasteiger partial charge is 0.619 e. The van der Waals surface area contributed by atoms with Crippen molar-refractivity contribution in [3.05, 3.63) is 218 Å². The number of hydrogen-bond donors (Lipinski definition) is 1. The minimum Gasteiger partial charge on any atom is -0.619 e. The number of piperidine rings is 4. The number of benzene rings is 3. The molecule has 4 fully saturated rings. The third kappa shape index (κ3) is 16.9. The predicted octanol–water partition coefficient (Wildman–Crippen LogP) is 17.8. The summed E-state index contributed by atoms with van der Waals surface area (Å²) in [5.74, 6) is 1.91. The van der Waals surface area contributed by atoms with E-state index in [9.17, 15) is 28.0 Å². The lowest BCUT2D eigenvalue weighted by Gasteiger charge is -2.38. The van der Waals surface area contributed by atoms with Crippen LogP contribution in [0.1, 0.15) is 148 Å². The Balaban J connectivity index is 0.000000141. The molecule has 4 amide bonds. The number of sulfonamides is 1. The number of nitrogens with two attached hydrogens (primary N) is 1. The van der Waals surface area contributed by atoms with Gasteiger partial charge in [0.1, 0.15) is 0 Å². The van der Waals surface area contributed by atoms with E-state index in [-0.39, 0.29) is 35.6 Å². The molecule has 0 radical (unpaired) electrons. The molecule has 14 rings (SSSR count). The van der Waals surface area contributed by atoms with Crippen LogP contribution in [0.3, 0.4) is 0 Å². The first-order valence-electron chi connectivity index (χ1n) is 32.6. The van der Waals surface area contributed by atoms with Crippen molar-refractivity contribution in [1.82, 2.24) is 34.0 Å². The van der Waals surface area contributed by atoms with E-state index in [0.717, 1.165) is 152 Å². The summed E-state index contributed by atoms with van der Waals surface area (Å²) in [6.45, 7) is 5.28. The molecule has 4 saturated heterocycles. The molecule has 98 heavy (non-hydrogen) atoms. The van der Waals surface area contributed by atoms with Crippen LogP contribution in [0.5, 0.6) is 0 Å². The van der Waals surface area contributed by atoms with Gasteiger partial charge in [-0.1, -0.05) is 119 Å². The van der Waals surface area contributed by atoms with E-state index in [0.29, 0.717) is 90.8 Å². The number of likely N-dealkylation sites (tertiary alicyclic amines) is 3. The van der Waals surface area contributed by atoms with Gasteiger partial charge in [0.25, 0.3) is 0 Å². The number of nitrogens with zero attached hydrogens (tertiary/aromatic N) is 8. The molecular weight excluding hydrogens is 1720 g/mol. The Labute approximate surface area is 637 Å². The first-order valence-corrected chi connectivity index (χ1v) is 40.4. The maximum absolute atomic E-state index is 13.1. The van der Waals surface area contributed by atoms with E-state index in [1.54, 1.807) is 21.3 Å². The minimum absolute atomic E-state index is 0.0708. The van der Waals surface area contributed by atoms with Crippen molar-refractivity contribution in [3.8, 4) is 0 Å². The molecule has 25 heteroatoms. The molecule has 512 valence electrons. The second kappa shape index (κ2) is 31.8. The fourth-order valence-corrected chi connectivity index (χ4v) is 20.4. The van der Waals surface area contributed by atoms with E-state index in [1.165, 1.54) is 35.3 Å². The third-order valence-corrected chi connectivity index (χ3v) is 25.3. The van der Waals surface area contributed by atoms with Crippen LogP contribution in [0, 0.1) is 28.9 Å². The number of fused-ring (bicyclic) bond motifs is 6. The zero-order valence-corrected chi connectivity index (χ0v) is 66.0. The molecule has 0 spiro atoms. The third-order valence-electron chi connectivity index (χ3n) is 20.1. The highest BCUT2D eigenvalue weighted by molar-refractivity contribution is 9.11. The summed E-state index contributed by atoms with van der Waals surface area (Å²) in [5, 5.41) is 13.3. The summed E-state index contributed by atoms with van der Waals surface area (Å²) in [6.07, 6.45) is 30.1. The minimum atomic E-state index is -3.16. The van der Waals surface area contributed by atoms with Gasteiger partial charge < -0.3 is 25.6 Å². The van der Waals surface area contributed by atoms with Crippen molar-refractivity contribution >= 4 is 195 Å². The molecule has 3 atom stereocenters. The lowest BCUT2D eigenvalue weighted by atomic mass is 9.76. The van der Waals surface area contributed by atoms with Crippen molar-refractivity contribution in [3.63, 3.8) is 0 Å². The molecule has 0 saturated carbocycles. The molecule has 15 nitrogen and oxygen atoms in total. The fourth-order valence-electron chi connectivity index (χ4n) is 15.2.